The van der Waals surface area contributed by atoms with Crippen molar-refractivity contribution in [1.29, 1.82) is 0 Å². The summed E-state index contributed by atoms with van der Waals surface area (Å²) >= 11 is 0. The van der Waals surface area contributed by atoms with Crippen LogP contribution in [-0.4, -0.2) is 93.6 Å². The fourth-order valence-electron chi connectivity index (χ4n) is 5.75. The maximum Gasteiger partial charge on any atom is 0.239 e. The lowest BCUT2D eigenvalue weighted by molar-refractivity contribution is -0.0137. The van der Waals surface area contributed by atoms with Crippen LogP contribution >= 0.6 is 0 Å². The third kappa shape index (κ3) is 5.16. The van der Waals surface area contributed by atoms with Gasteiger partial charge in [-0.2, -0.15) is 4.98 Å². The number of hydrogen-bond acceptors (Lipinski definition) is 9. The number of para-hydroxylation sites is 2. The van der Waals surface area contributed by atoms with E-state index in [1.54, 1.807) is 0 Å². The smallest absolute Gasteiger partial charge is 0.239 e. The molecule has 0 aliphatic carbocycles. The first-order valence-corrected chi connectivity index (χ1v) is 13.9. The monoisotopic (exact) mass is 530 g/mol. The minimum Gasteiger partial charge on any atom is -0.390 e. The average molecular weight is 531 g/mol. The van der Waals surface area contributed by atoms with Crippen molar-refractivity contribution < 1.29 is 9.84 Å². The molecule has 2 aliphatic rings. The molecular formula is C29H38N8O2. The van der Waals surface area contributed by atoms with Gasteiger partial charge in [-0.15, -0.1) is 0 Å². The highest BCUT2D eigenvalue weighted by atomic mass is 16.5. The minimum atomic E-state index is -0.623. The minimum absolute atomic E-state index is 0.337. The summed E-state index contributed by atoms with van der Waals surface area (Å²) in [5.41, 5.74) is 3.89. The van der Waals surface area contributed by atoms with Crippen molar-refractivity contribution in [1.82, 2.24) is 29.4 Å². The van der Waals surface area contributed by atoms with Crippen LogP contribution in [0.15, 0.2) is 36.4 Å². The molecule has 10 nitrogen and oxygen atoms in total. The number of aliphatic hydroxyl groups is 1. The molecule has 0 unspecified atom stereocenters. The average Bonchev–Trinajstić information content (AvgIpc) is 3.33. The number of hydrogen-bond donors (Lipinski definition) is 1. The van der Waals surface area contributed by atoms with E-state index in [0.29, 0.717) is 25.1 Å². The van der Waals surface area contributed by atoms with E-state index < -0.39 is 5.60 Å². The van der Waals surface area contributed by atoms with Gasteiger partial charge in [0.05, 0.1) is 41.1 Å². The first kappa shape index (κ1) is 25.9. The van der Waals surface area contributed by atoms with Gasteiger partial charge >= 0.3 is 0 Å². The zero-order chi connectivity index (χ0) is 27.1. The SMILES string of the molecule is CN(C)c1nc2ccccc2n1-c1nc(N2CCOCC2)c2nc(CN3CCC(C(C)(C)O)CC3)ccc2n1. The third-order valence-corrected chi connectivity index (χ3v) is 8.00. The van der Waals surface area contributed by atoms with E-state index in [0.717, 1.165) is 85.1 Å². The number of imidazole rings is 1. The van der Waals surface area contributed by atoms with Gasteiger partial charge in [0, 0.05) is 33.7 Å². The Morgan fingerprint density at radius 2 is 1.67 bits per heavy atom. The molecule has 2 saturated heterocycles. The Morgan fingerprint density at radius 1 is 0.923 bits per heavy atom. The third-order valence-electron chi connectivity index (χ3n) is 8.00. The van der Waals surface area contributed by atoms with Gasteiger partial charge in [-0.05, 0) is 70.0 Å². The second-order valence-electron chi connectivity index (χ2n) is 11.5. The molecule has 1 aromatic carbocycles. The molecule has 0 atom stereocenters. The van der Waals surface area contributed by atoms with E-state index >= 15 is 0 Å². The molecule has 4 aromatic rings. The fourth-order valence-corrected chi connectivity index (χ4v) is 5.75. The van der Waals surface area contributed by atoms with Gasteiger partial charge in [-0.1, -0.05) is 12.1 Å². The van der Waals surface area contributed by atoms with Crippen molar-refractivity contribution >= 4 is 33.8 Å². The van der Waals surface area contributed by atoms with Crippen LogP contribution < -0.4 is 9.80 Å². The number of nitrogens with zero attached hydrogens (tertiary/aromatic N) is 8. The number of pyridine rings is 1. The van der Waals surface area contributed by atoms with Gasteiger partial charge in [-0.3, -0.25) is 4.90 Å². The first-order chi connectivity index (χ1) is 18.8. The molecule has 0 bridgehead atoms. The molecule has 2 aliphatic heterocycles. The van der Waals surface area contributed by atoms with Crippen molar-refractivity contribution in [2.75, 3.05) is 63.3 Å². The summed E-state index contributed by atoms with van der Waals surface area (Å²) in [6.07, 6.45) is 1.99. The number of benzene rings is 1. The molecule has 5 heterocycles. The molecule has 206 valence electrons. The maximum absolute atomic E-state index is 10.4. The standard InChI is InChI=1S/C29H38N8O2/c1-29(2,38)20-11-13-35(14-12-20)19-21-9-10-23-25(30-21)26(36-15-17-39-18-16-36)33-27(31-23)37-24-8-6-5-7-22(24)32-28(37)34(3)4/h5-10,20,38H,11-19H2,1-4H3. The Bertz CT molecular complexity index is 1460. The highest BCUT2D eigenvalue weighted by Crippen LogP contribution is 2.31. The number of ether oxygens (including phenoxy) is 1. The van der Waals surface area contributed by atoms with Crippen molar-refractivity contribution in [2.24, 2.45) is 5.92 Å². The summed E-state index contributed by atoms with van der Waals surface area (Å²) in [5, 5.41) is 10.4. The molecular weight excluding hydrogens is 492 g/mol. The summed E-state index contributed by atoms with van der Waals surface area (Å²) in [7, 11) is 3.97. The van der Waals surface area contributed by atoms with Crippen LogP contribution in [0.3, 0.4) is 0 Å². The van der Waals surface area contributed by atoms with Crippen molar-refractivity contribution in [3.8, 4) is 5.95 Å². The van der Waals surface area contributed by atoms with Crippen LogP contribution in [-0.2, 0) is 11.3 Å². The quantitative estimate of drug-likeness (QED) is 0.403. The number of piperidine rings is 1. The number of likely N-dealkylation sites (tertiary alicyclic amines) is 1. The zero-order valence-electron chi connectivity index (χ0n) is 23.3. The summed E-state index contributed by atoms with van der Waals surface area (Å²) in [6, 6.07) is 12.2. The molecule has 39 heavy (non-hydrogen) atoms. The van der Waals surface area contributed by atoms with Crippen molar-refractivity contribution in [2.45, 2.75) is 38.8 Å². The summed E-state index contributed by atoms with van der Waals surface area (Å²) in [6.45, 7) is 9.38. The second kappa shape index (κ2) is 10.3. The fraction of sp³-hybridized carbons (Fsp3) is 0.517. The molecule has 0 saturated carbocycles. The van der Waals surface area contributed by atoms with Crippen LogP contribution in [0.1, 0.15) is 32.4 Å². The van der Waals surface area contributed by atoms with Crippen molar-refractivity contribution in [3.05, 3.63) is 42.1 Å². The lowest BCUT2D eigenvalue weighted by Gasteiger charge is -2.37. The van der Waals surface area contributed by atoms with Crippen LogP contribution in [0.2, 0.25) is 0 Å². The Labute approximate surface area is 229 Å². The largest absolute Gasteiger partial charge is 0.390 e. The number of rotatable bonds is 6. The molecule has 0 amide bonds. The second-order valence-corrected chi connectivity index (χ2v) is 11.5. The molecule has 3 aromatic heterocycles. The predicted octanol–water partition coefficient (Wildman–Crippen LogP) is 3.25. The van der Waals surface area contributed by atoms with Gasteiger partial charge in [0.15, 0.2) is 5.82 Å². The van der Waals surface area contributed by atoms with E-state index in [-0.39, 0.29) is 0 Å². The molecule has 2 fully saturated rings. The summed E-state index contributed by atoms with van der Waals surface area (Å²) in [4.78, 5) is 26.8. The lowest BCUT2D eigenvalue weighted by Crippen LogP contribution is -2.41. The topological polar surface area (TPSA) is 95.7 Å². The number of aromatic nitrogens is 5. The Hall–Kier alpha value is -3.34. The van der Waals surface area contributed by atoms with Crippen LogP contribution in [0.25, 0.3) is 28.0 Å². The molecule has 6 rings (SSSR count). The van der Waals surface area contributed by atoms with Gasteiger partial charge in [0.2, 0.25) is 11.9 Å². The van der Waals surface area contributed by atoms with Gasteiger partial charge < -0.3 is 19.6 Å². The molecule has 0 spiro atoms. The number of morpholine rings is 1. The number of fused-ring (bicyclic) bond motifs is 2. The van der Waals surface area contributed by atoms with Gasteiger partial charge in [0.25, 0.3) is 0 Å². The normalized spacial score (nSPS) is 17.8. The summed E-state index contributed by atoms with van der Waals surface area (Å²) in [5.74, 6) is 2.54. The first-order valence-electron chi connectivity index (χ1n) is 13.9. The van der Waals surface area contributed by atoms with E-state index in [2.05, 4.69) is 28.0 Å². The van der Waals surface area contributed by atoms with Crippen molar-refractivity contribution in [3.63, 3.8) is 0 Å². The summed E-state index contributed by atoms with van der Waals surface area (Å²) < 4.78 is 7.68. The van der Waals surface area contributed by atoms with Gasteiger partial charge in [-0.25, -0.2) is 19.5 Å². The number of anilines is 2. The molecule has 1 N–H and O–H groups in total. The predicted molar refractivity (Wildman–Crippen MR) is 154 cm³/mol. The molecule has 0 radical (unpaired) electrons. The Kier molecular flexibility index (Phi) is 6.86. The highest BCUT2D eigenvalue weighted by Gasteiger charge is 2.30. The zero-order valence-corrected chi connectivity index (χ0v) is 23.3. The Balaban J connectivity index is 1.39. The van der Waals surface area contributed by atoms with E-state index in [9.17, 15) is 5.11 Å². The van der Waals surface area contributed by atoms with E-state index in [4.69, 9.17) is 24.7 Å². The van der Waals surface area contributed by atoms with E-state index in [1.807, 2.05) is 55.6 Å². The Morgan fingerprint density at radius 3 is 2.38 bits per heavy atom. The van der Waals surface area contributed by atoms with Crippen LogP contribution in [0.5, 0.6) is 0 Å². The van der Waals surface area contributed by atoms with Crippen LogP contribution in [0.4, 0.5) is 11.8 Å². The van der Waals surface area contributed by atoms with Crippen LogP contribution in [0, 0.1) is 5.92 Å². The highest BCUT2D eigenvalue weighted by molar-refractivity contribution is 5.87. The maximum atomic E-state index is 10.4. The van der Waals surface area contributed by atoms with E-state index in [1.165, 1.54) is 0 Å². The van der Waals surface area contributed by atoms with Gasteiger partial charge in [0.1, 0.15) is 5.52 Å². The molecule has 10 heteroatoms. The lowest BCUT2D eigenvalue weighted by atomic mass is 9.83.